The molecule has 0 amide bonds. The van der Waals surface area contributed by atoms with E-state index in [9.17, 15) is 0 Å². The highest BCUT2D eigenvalue weighted by molar-refractivity contribution is 8.00. The van der Waals surface area contributed by atoms with Gasteiger partial charge in [-0.15, -0.1) is 0 Å². The summed E-state index contributed by atoms with van der Waals surface area (Å²) in [7, 11) is 2.02. The molecule has 2 nitrogen and oxygen atoms in total. The standard InChI is InChI=1S/C8H16N2S/c1-7(2)6-11-8-4-9-10(3)5-8/h4,7-8H,5-6H2,1-3H3. The molecule has 1 rings (SSSR count). The first-order valence-electron chi connectivity index (χ1n) is 4.05. The van der Waals surface area contributed by atoms with Gasteiger partial charge >= 0.3 is 0 Å². The van der Waals surface area contributed by atoms with E-state index in [-0.39, 0.29) is 0 Å². The fraction of sp³-hybridized carbons (Fsp3) is 0.875. The molecule has 0 saturated heterocycles. The summed E-state index contributed by atoms with van der Waals surface area (Å²) in [6.07, 6.45) is 2.05. The van der Waals surface area contributed by atoms with Gasteiger partial charge in [-0.2, -0.15) is 16.9 Å². The van der Waals surface area contributed by atoms with Crippen LogP contribution in [0.3, 0.4) is 0 Å². The van der Waals surface area contributed by atoms with Crippen molar-refractivity contribution in [2.75, 3.05) is 19.3 Å². The van der Waals surface area contributed by atoms with Crippen LogP contribution in [0.4, 0.5) is 0 Å². The van der Waals surface area contributed by atoms with Crippen LogP contribution in [-0.4, -0.2) is 35.8 Å². The van der Waals surface area contributed by atoms with Gasteiger partial charge in [0.25, 0.3) is 0 Å². The molecule has 1 aliphatic rings. The van der Waals surface area contributed by atoms with Crippen LogP contribution in [0.1, 0.15) is 13.8 Å². The van der Waals surface area contributed by atoms with Crippen LogP contribution in [0.2, 0.25) is 0 Å². The quantitative estimate of drug-likeness (QED) is 0.643. The van der Waals surface area contributed by atoms with Crippen LogP contribution in [0.25, 0.3) is 0 Å². The van der Waals surface area contributed by atoms with Crippen molar-refractivity contribution in [1.29, 1.82) is 0 Å². The highest BCUT2D eigenvalue weighted by Gasteiger charge is 2.14. The van der Waals surface area contributed by atoms with Crippen LogP contribution in [0.5, 0.6) is 0 Å². The van der Waals surface area contributed by atoms with E-state index in [1.807, 2.05) is 30.0 Å². The summed E-state index contributed by atoms with van der Waals surface area (Å²) in [5.74, 6) is 2.03. The summed E-state index contributed by atoms with van der Waals surface area (Å²) in [4.78, 5) is 0. The fourth-order valence-corrected chi connectivity index (χ4v) is 2.05. The maximum absolute atomic E-state index is 4.18. The Morgan fingerprint density at radius 3 is 2.91 bits per heavy atom. The number of hydrogen-bond acceptors (Lipinski definition) is 3. The second-order valence-electron chi connectivity index (χ2n) is 3.37. The molecule has 0 N–H and O–H groups in total. The van der Waals surface area contributed by atoms with Crippen molar-refractivity contribution in [1.82, 2.24) is 5.01 Å². The third-order valence-electron chi connectivity index (χ3n) is 1.52. The summed E-state index contributed by atoms with van der Waals surface area (Å²) in [6.45, 7) is 5.59. The first kappa shape index (κ1) is 8.91. The molecule has 3 heteroatoms. The minimum Gasteiger partial charge on any atom is -0.299 e. The second kappa shape index (κ2) is 4.00. The summed E-state index contributed by atoms with van der Waals surface area (Å²) in [5, 5.41) is 6.81. The number of thioether (sulfide) groups is 1. The third-order valence-corrected chi connectivity index (χ3v) is 3.08. The predicted molar refractivity (Wildman–Crippen MR) is 52.2 cm³/mol. The molecule has 1 unspecified atom stereocenters. The van der Waals surface area contributed by atoms with E-state index in [1.54, 1.807) is 0 Å². The molecule has 0 spiro atoms. The predicted octanol–water partition coefficient (Wildman–Crippen LogP) is 1.68. The van der Waals surface area contributed by atoms with Gasteiger partial charge in [0, 0.05) is 13.3 Å². The van der Waals surface area contributed by atoms with Crippen molar-refractivity contribution >= 4 is 18.0 Å². The van der Waals surface area contributed by atoms with Crippen LogP contribution < -0.4 is 0 Å². The molecule has 1 heterocycles. The zero-order valence-corrected chi connectivity index (χ0v) is 8.27. The van der Waals surface area contributed by atoms with Crippen LogP contribution in [0.15, 0.2) is 5.10 Å². The maximum Gasteiger partial charge on any atom is 0.0610 e. The summed E-state index contributed by atoms with van der Waals surface area (Å²) >= 11 is 2.00. The van der Waals surface area contributed by atoms with Gasteiger partial charge in [0.05, 0.1) is 11.8 Å². The summed E-state index contributed by atoms with van der Waals surface area (Å²) < 4.78 is 0. The van der Waals surface area contributed by atoms with Gasteiger partial charge in [-0.05, 0) is 11.7 Å². The lowest BCUT2D eigenvalue weighted by atomic mass is 10.3. The molecule has 1 aliphatic heterocycles. The second-order valence-corrected chi connectivity index (χ2v) is 4.64. The topological polar surface area (TPSA) is 15.6 Å². The number of hydrogen-bond donors (Lipinski definition) is 0. The van der Waals surface area contributed by atoms with E-state index in [0.717, 1.165) is 12.5 Å². The molecular weight excluding hydrogens is 156 g/mol. The van der Waals surface area contributed by atoms with Gasteiger partial charge in [0.15, 0.2) is 0 Å². The highest BCUT2D eigenvalue weighted by Crippen LogP contribution is 2.17. The van der Waals surface area contributed by atoms with Gasteiger partial charge < -0.3 is 0 Å². The first-order valence-corrected chi connectivity index (χ1v) is 5.10. The lowest BCUT2D eigenvalue weighted by Gasteiger charge is -2.10. The van der Waals surface area contributed by atoms with Crippen molar-refractivity contribution in [2.45, 2.75) is 19.1 Å². The average molecular weight is 172 g/mol. The summed E-state index contributed by atoms with van der Waals surface area (Å²) in [6, 6.07) is 0. The monoisotopic (exact) mass is 172 g/mol. The zero-order chi connectivity index (χ0) is 8.27. The number of hydrazone groups is 1. The maximum atomic E-state index is 4.18. The molecule has 0 radical (unpaired) electrons. The van der Waals surface area contributed by atoms with Crippen molar-refractivity contribution in [3.63, 3.8) is 0 Å². The van der Waals surface area contributed by atoms with Gasteiger partial charge in [-0.3, -0.25) is 5.01 Å². The first-order chi connectivity index (χ1) is 5.18. The fourth-order valence-electron chi connectivity index (χ4n) is 0.955. The van der Waals surface area contributed by atoms with Gasteiger partial charge in [0.1, 0.15) is 0 Å². The van der Waals surface area contributed by atoms with Crippen molar-refractivity contribution < 1.29 is 0 Å². The Balaban J connectivity index is 2.14. The molecule has 0 aromatic carbocycles. The van der Waals surface area contributed by atoms with Gasteiger partial charge in [-0.1, -0.05) is 13.8 Å². The molecule has 64 valence electrons. The Labute approximate surface area is 73.0 Å². The molecule has 0 aromatic rings. The third kappa shape index (κ3) is 3.14. The van der Waals surface area contributed by atoms with E-state index in [4.69, 9.17) is 0 Å². The minimum absolute atomic E-state index is 0.627. The zero-order valence-electron chi connectivity index (χ0n) is 7.45. The van der Waals surface area contributed by atoms with Gasteiger partial charge in [0.2, 0.25) is 0 Å². The Kier molecular flexibility index (Phi) is 3.24. The molecule has 0 bridgehead atoms. The molecule has 0 saturated carbocycles. The minimum atomic E-state index is 0.627. The van der Waals surface area contributed by atoms with E-state index >= 15 is 0 Å². The van der Waals surface area contributed by atoms with Crippen molar-refractivity contribution in [2.24, 2.45) is 11.0 Å². The molecule has 1 atom stereocenters. The van der Waals surface area contributed by atoms with E-state index in [1.165, 1.54) is 5.75 Å². The van der Waals surface area contributed by atoms with E-state index in [2.05, 4.69) is 18.9 Å². The van der Waals surface area contributed by atoms with E-state index in [0.29, 0.717) is 5.25 Å². The number of nitrogens with zero attached hydrogens (tertiary/aromatic N) is 2. The Bertz CT molecular complexity index is 145. The molecule has 11 heavy (non-hydrogen) atoms. The van der Waals surface area contributed by atoms with E-state index < -0.39 is 0 Å². The average Bonchev–Trinajstić information content (AvgIpc) is 2.31. The smallest absolute Gasteiger partial charge is 0.0610 e. The molecule has 0 aromatic heterocycles. The Morgan fingerprint density at radius 2 is 2.45 bits per heavy atom. The SMILES string of the molecule is CC(C)CSC1C=NN(C)C1. The Hall–Kier alpha value is -0.180. The molecular formula is C8H16N2S. The highest BCUT2D eigenvalue weighted by atomic mass is 32.2. The van der Waals surface area contributed by atoms with Crippen LogP contribution in [0, 0.1) is 5.92 Å². The summed E-state index contributed by atoms with van der Waals surface area (Å²) in [5.41, 5.74) is 0. The molecule has 0 aliphatic carbocycles. The Morgan fingerprint density at radius 1 is 1.73 bits per heavy atom. The van der Waals surface area contributed by atoms with Gasteiger partial charge in [-0.25, -0.2) is 0 Å². The van der Waals surface area contributed by atoms with Crippen LogP contribution in [-0.2, 0) is 0 Å². The lowest BCUT2D eigenvalue weighted by molar-refractivity contribution is 0.395. The number of rotatable bonds is 3. The van der Waals surface area contributed by atoms with Crippen LogP contribution >= 0.6 is 11.8 Å². The normalized spacial score (nSPS) is 23.6. The lowest BCUT2D eigenvalue weighted by Crippen LogP contribution is -2.16. The largest absolute Gasteiger partial charge is 0.299 e. The van der Waals surface area contributed by atoms with Crippen molar-refractivity contribution in [3.8, 4) is 0 Å². The van der Waals surface area contributed by atoms with Crippen molar-refractivity contribution in [3.05, 3.63) is 0 Å². The molecule has 0 fully saturated rings.